The van der Waals surface area contributed by atoms with Crippen molar-refractivity contribution in [2.24, 2.45) is 0 Å². The third-order valence-corrected chi connectivity index (χ3v) is 4.25. The van der Waals surface area contributed by atoms with E-state index >= 15 is 0 Å². The smallest absolute Gasteiger partial charge is 0.338 e. The second kappa shape index (κ2) is 8.51. The van der Waals surface area contributed by atoms with E-state index in [4.69, 9.17) is 4.74 Å². The molecular formula is C20H20FN3O4. The zero-order chi connectivity index (χ0) is 20.1. The second-order valence-corrected chi connectivity index (χ2v) is 6.28. The van der Waals surface area contributed by atoms with Crippen molar-refractivity contribution in [2.75, 3.05) is 23.4 Å². The van der Waals surface area contributed by atoms with E-state index in [2.05, 4.69) is 10.6 Å². The Morgan fingerprint density at radius 3 is 2.46 bits per heavy atom. The van der Waals surface area contributed by atoms with E-state index in [1.165, 1.54) is 29.2 Å². The minimum Gasteiger partial charge on any atom is -0.462 e. The van der Waals surface area contributed by atoms with Gasteiger partial charge in [0.2, 0.25) is 5.91 Å². The van der Waals surface area contributed by atoms with Gasteiger partial charge in [0.05, 0.1) is 18.2 Å². The van der Waals surface area contributed by atoms with E-state index in [0.29, 0.717) is 23.5 Å². The Labute approximate surface area is 161 Å². The van der Waals surface area contributed by atoms with Crippen LogP contribution in [0.1, 0.15) is 23.7 Å². The number of urea groups is 1. The number of anilines is 2. The largest absolute Gasteiger partial charge is 0.462 e. The van der Waals surface area contributed by atoms with Crippen LogP contribution in [0.5, 0.6) is 0 Å². The van der Waals surface area contributed by atoms with Gasteiger partial charge < -0.3 is 20.3 Å². The monoisotopic (exact) mass is 385 g/mol. The molecule has 1 aliphatic heterocycles. The fourth-order valence-corrected chi connectivity index (χ4v) is 2.93. The van der Waals surface area contributed by atoms with Gasteiger partial charge >= 0.3 is 12.0 Å². The molecule has 2 N–H and O–H groups in total. The summed E-state index contributed by atoms with van der Waals surface area (Å²) in [6, 6.07) is 11.1. The lowest BCUT2D eigenvalue weighted by Gasteiger charge is -2.17. The molecule has 1 aliphatic rings. The van der Waals surface area contributed by atoms with Crippen LogP contribution >= 0.6 is 0 Å². The summed E-state index contributed by atoms with van der Waals surface area (Å²) in [5.41, 5.74) is 1.49. The van der Waals surface area contributed by atoms with E-state index in [1.807, 2.05) is 0 Å². The summed E-state index contributed by atoms with van der Waals surface area (Å²) in [4.78, 5) is 37.5. The number of rotatable bonds is 5. The Morgan fingerprint density at radius 1 is 1.14 bits per heavy atom. The molecule has 1 saturated heterocycles. The number of nitrogens with zero attached hydrogens (tertiary/aromatic N) is 1. The summed E-state index contributed by atoms with van der Waals surface area (Å²) in [5.74, 6) is -0.946. The van der Waals surface area contributed by atoms with Gasteiger partial charge in [0.25, 0.3) is 0 Å². The summed E-state index contributed by atoms with van der Waals surface area (Å²) in [6.07, 6.45) is 0.159. The number of hydrogen-bond donors (Lipinski definition) is 2. The molecule has 0 spiro atoms. The number of esters is 1. The first-order valence-corrected chi connectivity index (χ1v) is 8.87. The molecule has 2 aromatic carbocycles. The van der Waals surface area contributed by atoms with Gasteiger partial charge in [0, 0.05) is 24.3 Å². The van der Waals surface area contributed by atoms with Crippen molar-refractivity contribution < 1.29 is 23.5 Å². The first kappa shape index (κ1) is 19.3. The average Bonchev–Trinajstić information content (AvgIpc) is 3.03. The lowest BCUT2D eigenvalue weighted by atomic mass is 10.2. The molecule has 2 aromatic rings. The molecule has 7 nitrogen and oxygen atoms in total. The van der Waals surface area contributed by atoms with Gasteiger partial charge in [0.1, 0.15) is 5.82 Å². The quantitative estimate of drug-likeness (QED) is 0.775. The van der Waals surface area contributed by atoms with Crippen molar-refractivity contribution in [1.82, 2.24) is 5.32 Å². The van der Waals surface area contributed by atoms with Crippen molar-refractivity contribution in [1.29, 1.82) is 0 Å². The molecule has 3 amide bonds. The van der Waals surface area contributed by atoms with Gasteiger partial charge in [-0.1, -0.05) is 0 Å². The van der Waals surface area contributed by atoms with E-state index in [-0.39, 0.29) is 30.8 Å². The molecule has 0 bridgehead atoms. The predicted molar refractivity (Wildman–Crippen MR) is 102 cm³/mol. The number of hydrogen-bond acceptors (Lipinski definition) is 4. The van der Waals surface area contributed by atoms with Crippen LogP contribution < -0.4 is 15.5 Å². The van der Waals surface area contributed by atoms with E-state index in [0.717, 1.165) is 0 Å². The molecule has 3 rings (SSSR count). The summed E-state index contributed by atoms with van der Waals surface area (Å²) in [5, 5.41) is 5.41. The van der Waals surface area contributed by atoms with Crippen LogP contribution in [-0.2, 0) is 9.53 Å². The average molecular weight is 385 g/mol. The Balaban J connectivity index is 1.54. The fourth-order valence-electron chi connectivity index (χ4n) is 2.93. The van der Waals surface area contributed by atoms with Crippen LogP contribution in [0, 0.1) is 5.82 Å². The molecule has 28 heavy (non-hydrogen) atoms. The highest BCUT2D eigenvalue weighted by Crippen LogP contribution is 2.22. The van der Waals surface area contributed by atoms with Crippen molar-refractivity contribution in [3.8, 4) is 0 Å². The third kappa shape index (κ3) is 4.64. The molecule has 1 fully saturated rings. The second-order valence-electron chi connectivity index (χ2n) is 6.28. The topological polar surface area (TPSA) is 87.7 Å². The molecule has 1 heterocycles. The fraction of sp³-hybridized carbons (Fsp3) is 0.250. The summed E-state index contributed by atoms with van der Waals surface area (Å²) >= 11 is 0. The molecule has 0 unspecified atom stereocenters. The minimum atomic E-state index is -0.456. The Hall–Kier alpha value is -3.42. The molecule has 8 heteroatoms. The number of carbonyl (C=O) groups excluding carboxylic acids is 3. The van der Waals surface area contributed by atoms with Gasteiger partial charge in [-0.15, -0.1) is 0 Å². The SMILES string of the molecule is CCOC(=O)c1ccc(NC(=O)N[C@H]2CC(=O)N(c3ccc(F)cc3)C2)cc1. The Morgan fingerprint density at radius 2 is 1.82 bits per heavy atom. The highest BCUT2D eigenvalue weighted by molar-refractivity contribution is 5.97. The number of nitrogens with one attached hydrogen (secondary N) is 2. The van der Waals surface area contributed by atoms with Gasteiger partial charge in [-0.3, -0.25) is 4.79 Å². The first-order chi connectivity index (χ1) is 13.5. The van der Waals surface area contributed by atoms with Crippen LogP contribution in [-0.4, -0.2) is 37.1 Å². The molecule has 146 valence electrons. The molecule has 0 aliphatic carbocycles. The standard InChI is InChI=1S/C20H20FN3O4/c1-2-28-19(26)13-3-7-15(8-4-13)22-20(27)23-16-11-18(25)24(12-16)17-9-5-14(21)6-10-17/h3-10,16H,2,11-12H2,1H3,(H2,22,23,27)/t16-/m0/s1. The highest BCUT2D eigenvalue weighted by Gasteiger charge is 2.31. The zero-order valence-corrected chi connectivity index (χ0v) is 15.3. The number of amides is 3. The van der Waals surface area contributed by atoms with Crippen LogP contribution in [0.3, 0.4) is 0 Å². The maximum atomic E-state index is 13.0. The van der Waals surface area contributed by atoms with Crippen LogP contribution in [0.25, 0.3) is 0 Å². The summed E-state index contributed by atoms with van der Waals surface area (Å²) in [6.45, 7) is 2.32. The third-order valence-electron chi connectivity index (χ3n) is 4.25. The van der Waals surface area contributed by atoms with Crippen molar-refractivity contribution in [2.45, 2.75) is 19.4 Å². The van der Waals surface area contributed by atoms with Crippen LogP contribution in [0.4, 0.5) is 20.6 Å². The Kier molecular flexibility index (Phi) is 5.88. The number of benzene rings is 2. The molecular weight excluding hydrogens is 365 g/mol. The van der Waals surface area contributed by atoms with E-state index in [1.54, 1.807) is 31.2 Å². The lowest BCUT2D eigenvalue weighted by Crippen LogP contribution is -2.39. The number of ether oxygens (including phenoxy) is 1. The van der Waals surface area contributed by atoms with Crippen molar-refractivity contribution >= 4 is 29.3 Å². The van der Waals surface area contributed by atoms with Crippen molar-refractivity contribution in [3.05, 3.63) is 59.9 Å². The Bertz CT molecular complexity index is 868. The number of halogens is 1. The van der Waals surface area contributed by atoms with Crippen molar-refractivity contribution in [3.63, 3.8) is 0 Å². The predicted octanol–water partition coefficient (Wildman–Crippen LogP) is 2.93. The lowest BCUT2D eigenvalue weighted by molar-refractivity contribution is -0.117. The van der Waals surface area contributed by atoms with Crippen LogP contribution in [0.2, 0.25) is 0 Å². The molecule has 0 aromatic heterocycles. The van der Waals surface area contributed by atoms with Gasteiger partial charge in [-0.05, 0) is 55.5 Å². The van der Waals surface area contributed by atoms with Crippen LogP contribution in [0.15, 0.2) is 48.5 Å². The minimum absolute atomic E-state index is 0.143. The van der Waals surface area contributed by atoms with Gasteiger partial charge in [-0.2, -0.15) is 0 Å². The van der Waals surface area contributed by atoms with Gasteiger partial charge in [-0.25, -0.2) is 14.0 Å². The zero-order valence-electron chi connectivity index (χ0n) is 15.3. The van der Waals surface area contributed by atoms with Gasteiger partial charge in [0.15, 0.2) is 0 Å². The summed E-state index contributed by atoms with van der Waals surface area (Å²) in [7, 11) is 0. The maximum Gasteiger partial charge on any atom is 0.338 e. The molecule has 0 radical (unpaired) electrons. The van der Waals surface area contributed by atoms with E-state index in [9.17, 15) is 18.8 Å². The normalized spacial score (nSPS) is 16.0. The van der Waals surface area contributed by atoms with E-state index < -0.39 is 12.0 Å². The number of carbonyl (C=O) groups is 3. The molecule has 0 saturated carbocycles. The maximum absolute atomic E-state index is 13.0. The highest BCUT2D eigenvalue weighted by atomic mass is 19.1. The summed E-state index contributed by atoms with van der Waals surface area (Å²) < 4.78 is 17.9. The first-order valence-electron chi connectivity index (χ1n) is 8.87. The molecule has 1 atom stereocenters.